The van der Waals surface area contributed by atoms with Gasteiger partial charge in [0.05, 0.1) is 29.0 Å². The van der Waals surface area contributed by atoms with Crippen LogP contribution in [0.4, 0.5) is 5.95 Å². The van der Waals surface area contributed by atoms with Crippen molar-refractivity contribution < 1.29 is 4.79 Å². The van der Waals surface area contributed by atoms with Gasteiger partial charge in [0.1, 0.15) is 0 Å². The van der Waals surface area contributed by atoms with E-state index in [1.165, 1.54) is 0 Å². The molecule has 30 heavy (non-hydrogen) atoms. The number of unbranched alkanes of at least 4 members (excludes halogenated alkanes) is 2. The summed E-state index contributed by atoms with van der Waals surface area (Å²) in [7, 11) is 0. The van der Waals surface area contributed by atoms with Crippen molar-refractivity contribution >= 4 is 57.6 Å². The Balaban J connectivity index is 1.37. The van der Waals surface area contributed by atoms with Crippen LogP contribution in [-0.4, -0.2) is 37.4 Å². The zero-order chi connectivity index (χ0) is 21.5. The van der Waals surface area contributed by atoms with Gasteiger partial charge in [-0.1, -0.05) is 34.8 Å². The Labute approximate surface area is 198 Å². The highest BCUT2D eigenvalue weighted by molar-refractivity contribution is 14.1. The molecule has 0 unspecified atom stereocenters. The molecule has 0 fully saturated rings. The number of imidazole rings is 1. The normalized spacial score (nSPS) is 11.0. The predicted octanol–water partition coefficient (Wildman–Crippen LogP) is 3.88. The molecule has 0 saturated carbocycles. The molecule has 0 aliphatic heterocycles. The van der Waals surface area contributed by atoms with Gasteiger partial charge in [-0.05, 0) is 60.4 Å². The summed E-state index contributed by atoms with van der Waals surface area (Å²) >= 11 is 14.1. The van der Waals surface area contributed by atoms with Gasteiger partial charge in [-0.3, -0.25) is 9.48 Å². The third-order valence-electron chi connectivity index (χ3n) is 4.47. The number of H-pyrrole nitrogens is 1. The topological polar surface area (TPSA) is 115 Å². The molecular weight excluding hydrogens is 540 g/mol. The van der Waals surface area contributed by atoms with Crippen LogP contribution in [-0.2, 0) is 19.4 Å². The number of nitrogens with two attached hydrogens (primary N) is 1. The maximum absolute atomic E-state index is 12.4. The molecule has 0 spiro atoms. The molecule has 160 valence electrons. The van der Waals surface area contributed by atoms with Crippen molar-refractivity contribution in [3.05, 3.63) is 55.1 Å². The lowest BCUT2D eigenvalue weighted by molar-refractivity contribution is 0.0951. The van der Waals surface area contributed by atoms with Gasteiger partial charge in [0, 0.05) is 27.0 Å². The van der Waals surface area contributed by atoms with E-state index in [0.717, 1.165) is 43.5 Å². The minimum atomic E-state index is -0.236. The van der Waals surface area contributed by atoms with Crippen LogP contribution in [0.3, 0.4) is 0 Å². The van der Waals surface area contributed by atoms with E-state index in [4.69, 9.17) is 28.9 Å². The maximum atomic E-state index is 12.4. The van der Waals surface area contributed by atoms with E-state index in [0.29, 0.717) is 38.2 Å². The first-order valence-corrected chi connectivity index (χ1v) is 11.4. The molecule has 4 N–H and O–H groups in total. The van der Waals surface area contributed by atoms with E-state index in [1.807, 2.05) is 28.8 Å². The van der Waals surface area contributed by atoms with Crippen LogP contribution in [0.2, 0.25) is 10.0 Å². The fraction of sp³-hybridized carbons (Fsp3) is 0.368. The number of hydrogen-bond acceptors (Lipinski definition) is 5. The Bertz CT molecular complexity index is 981. The fourth-order valence-electron chi connectivity index (χ4n) is 3.00. The largest absolute Gasteiger partial charge is 0.369 e. The highest BCUT2D eigenvalue weighted by Crippen LogP contribution is 2.26. The summed E-state index contributed by atoms with van der Waals surface area (Å²) in [5.74, 6) is 0.226. The molecule has 2 aromatic heterocycles. The number of amides is 1. The van der Waals surface area contributed by atoms with Crippen LogP contribution in [0.15, 0.2) is 24.5 Å². The van der Waals surface area contributed by atoms with E-state index in [9.17, 15) is 4.79 Å². The number of aromatic nitrogens is 5. The van der Waals surface area contributed by atoms with E-state index >= 15 is 0 Å². The van der Waals surface area contributed by atoms with E-state index in [1.54, 1.807) is 23.0 Å². The van der Waals surface area contributed by atoms with Gasteiger partial charge in [-0.25, -0.2) is 4.98 Å². The quantitative estimate of drug-likeness (QED) is 0.257. The van der Waals surface area contributed by atoms with Gasteiger partial charge in [0.25, 0.3) is 5.91 Å². The lowest BCUT2D eigenvalue weighted by Gasteiger charge is -2.09. The number of nitrogen functional groups attached to an aromatic ring is 1. The summed E-state index contributed by atoms with van der Waals surface area (Å²) in [4.78, 5) is 19.4. The second kappa shape index (κ2) is 11.0. The van der Waals surface area contributed by atoms with Crippen LogP contribution in [0.1, 0.15) is 41.0 Å². The number of carbonyl (C=O) groups excluding carboxylic acids is 1. The van der Waals surface area contributed by atoms with Gasteiger partial charge in [0.2, 0.25) is 0 Å². The zero-order valence-corrected chi connectivity index (χ0v) is 19.8. The van der Waals surface area contributed by atoms with Crippen molar-refractivity contribution in [2.75, 3.05) is 12.3 Å². The zero-order valence-electron chi connectivity index (χ0n) is 16.2. The molecule has 0 aliphatic rings. The highest BCUT2D eigenvalue weighted by Gasteiger charge is 2.15. The summed E-state index contributed by atoms with van der Waals surface area (Å²) in [6, 6.07) is 3.27. The number of rotatable bonds is 10. The molecule has 3 rings (SSSR count). The van der Waals surface area contributed by atoms with Gasteiger partial charge in [-0.2, -0.15) is 0 Å². The Morgan fingerprint density at radius 3 is 2.77 bits per heavy atom. The second-order valence-electron chi connectivity index (χ2n) is 6.83. The lowest BCUT2D eigenvalue weighted by atomic mass is 10.1. The number of nitrogens with zero attached hydrogens (tertiary/aromatic N) is 4. The minimum Gasteiger partial charge on any atom is -0.369 e. The molecule has 3 aromatic rings. The summed E-state index contributed by atoms with van der Waals surface area (Å²) in [6.07, 6.45) is 8.69. The average Bonchev–Trinajstić information content (AvgIpc) is 3.29. The van der Waals surface area contributed by atoms with Gasteiger partial charge in [0.15, 0.2) is 5.95 Å². The fourth-order valence-corrected chi connectivity index (χ4v) is 4.79. The molecule has 1 amide bonds. The first kappa shape index (κ1) is 22.8. The first-order chi connectivity index (χ1) is 14.4. The number of aromatic amines is 1. The summed E-state index contributed by atoms with van der Waals surface area (Å²) in [5, 5.41) is 12.0. The van der Waals surface area contributed by atoms with E-state index < -0.39 is 0 Å². The smallest absolute Gasteiger partial charge is 0.253 e. The maximum Gasteiger partial charge on any atom is 0.253 e. The van der Waals surface area contributed by atoms with Crippen molar-refractivity contribution in [3.63, 3.8) is 0 Å². The number of carbonyl (C=O) groups is 1. The molecule has 0 bridgehead atoms. The molecule has 8 nitrogen and oxygen atoms in total. The number of halogens is 3. The van der Waals surface area contributed by atoms with Crippen molar-refractivity contribution in [2.45, 2.75) is 38.6 Å². The molecule has 0 radical (unpaired) electrons. The lowest BCUT2D eigenvalue weighted by Crippen LogP contribution is -2.28. The molecule has 2 heterocycles. The number of hydrogen-bond donors (Lipinski definition) is 3. The average molecular weight is 562 g/mol. The van der Waals surface area contributed by atoms with Gasteiger partial charge < -0.3 is 16.0 Å². The Morgan fingerprint density at radius 2 is 2.03 bits per heavy atom. The number of nitrogens with one attached hydrogen (secondary N) is 2. The SMILES string of the molecule is Nc1ncc(CCCCCc2cn(CCNC(=O)c3c(Cl)cc(Cl)cc3I)nn2)[nH]1. The summed E-state index contributed by atoms with van der Waals surface area (Å²) in [5.41, 5.74) is 8.01. The predicted molar refractivity (Wildman–Crippen MR) is 126 cm³/mol. The van der Waals surface area contributed by atoms with Crippen LogP contribution in [0.25, 0.3) is 0 Å². The Hall–Kier alpha value is -1.85. The molecule has 0 saturated heterocycles. The highest BCUT2D eigenvalue weighted by atomic mass is 127. The molecule has 11 heteroatoms. The number of anilines is 1. The van der Waals surface area contributed by atoms with Crippen molar-refractivity contribution in [3.8, 4) is 0 Å². The van der Waals surface area contributed by atoms with Crippen molar-refractivity contribution in [2.24, 2.45) is 0 Å². The summed E-state index contributed by atoms with van der Waals surface area (Å²) < 4.78 is 2.44. The Morgan fingerprint density at radius 1 is 1.23 bits per heavy atom. The van der Waals surface area contributed by atoms with Crippen LogP contribution in [0, 0.1) is 3.57 Å². The van der Waals surface area contributed by atoms with Crippen LogP contribution >= 0.6 is 45.8 Å². The Kier molecular flexibility index (Phi) is 8.34. The van der Waals surface area contributed by atoms with E-state index in [-0.39, 0.29) is 5.91 Å². The van der Waals surface area contributed by atoms with Gasteiger partial charge in [-0.15, -0.1) is 5.10 Å². The second-order valence-corrected chi connectivity index (χ2v) is 8.83. The first-order valence-electron chi connectivity index (χ1n) is 9.53. The minimum absolute atomic E-state index is 0.236. The molecule has 1 aromatic carbocycles. The number of benzene rings is 1. The molecular formula is C19H22Cl2IN7O. The standard InChI is InChI=1S/C19H22Cl2IN7O/c20-12-8-15(21)17(16(22)9-12)18(30)24-6-7-29-11-14(27-28-29)5-3-1-2-4-13-10-25-19(23)26-13/h8-11H,1-7H2,(H,24,30)(H3,23,25,26). The van der Waals surface area contributed by atoms with Crippen LogP contribution < -0.4 is 11.1 Å². The van der Waals surface area contributed by atoms with E-state index in [2.05, 4.69) is 25.6 Å². The third-order valence-corrected chi connectivity index (χ3v) is 5.84. The van der Waals surface area contributed by atoms with Crippen molar-refractivity contribution in [1.29, 1.82) is 0 Å². The summed E-state index contributed by atoms with van der Waals surface area (Å²) in [6.45, 7) is 0.950. The molecule has 0 aliphatic carbocycles. The monoisotopic (exact) mass is 561 g/mol. The molecule has 0 atom stereocenters. The third kappa shape index (κ3) is 6.58. The van der Waals surface area contributed by atoms with Crippen molar-refractivity contribution in [1.82, 2.24) is 30.3 Å². The van der Waals surface area contributed by atoms with Gasteiger partial charge >= 0.3 is 0 Å². The number of aryl methyl sites for hydroxylation is 2. The van der Waals surface area contributed by atoms with Crippen LogP contribution in [0.5, 0.6) is 0 Å².